The molecule has 314 valence electrons. The molecule has 6 N–H and O–H groups in total. The lowest BCUT2D eigenvalue weighted by molar-refractivity contribution is -0.141. The van der Waals surface area contributed by atoms with Crippen LogP contribution in [-0.2, 0) is 28.7 Å². The zero-order chi connectivity index (χ0) is 41.4. The highest BCUT2D eigenvalue weighted by Crippen LogP contribution is 2.57. The maximum atomic E-state index is 14.4. The van der Waals surface area contributed by atoms with Gasteiger partial charge in [0.15, 0.2) is 6.29 Å². The van der Waals surface area contributed by atoms with Crippen LogP contribution in [0.25, 0.3) is 0 Å². The first-order valence-electron chi connectivity index (χ1n) is 20.8. The number of ether oxygens (including phenoxy) is 1. The average molecular weight is 765 g/mol. The molecule has 6 unspecified atom stereocenters. The molecule has 2 aliphatic carbocycles. The number of nitrogens with two attached hydrogens (primary N) is 2. The first kappa shape index (κ1) is 49.6. The van der Waals surface area contributed by atoms with Gasteiger partial charge in [0.05, 0.1) is 24.3 Å². The molecule has 0 radical (unpaired) electrons. The number of carbonyl (C=O) groups excluding carboxylic acids is 5. The van der Waals surface area contributed by atoms with Gasteiger partial charge in [-0.1, -0.05) is 87.5 Å². The van der Waals surface area contributed by atoms with Gasteiger partial charge in [0, 0.05) is 32.2 Å². The van der Waals surface area contributed by atoms with Crippen molar-refractivity contribution in [1.29, 1.82) is 0 Å². The molecule has 2 heterocycles. The van der Waals surface area contributed by atoms with Crippen molar-refractivity contribution in [1.82, 2.24) is 20.4 Å². The second-order valence-corrected chi connectivity index (χ2v) is 18.1. The summed E-state index contributed by atoms with van der Waals surface area (Å²) in [5.74, 6) is 1.07. The molecule has 2 saturated carbocycles. The molecular formula is C42H80N6O6. The monoisotopic (exact) mass is 765 g/mol. The Bertz CT molecular complexity index is 1140. The van der Waals surface area contributed by atoms with Gasteiger partial charge in [0.25, 0.3) is 0 Å². The number of likely N-dealkylation sites (tertiary alicyclic amines) is 1. The van der Waals surface area contributed by atoms with E-state index in [1.165, 1.54) is 26.3 Å². The van der Waals surface area contributed by atoms with Crippen molar-refractivity contribution in [2.75, 3.05) is 33.2 Å². The lowest BCUT2D eigenvalue weighted by atomic mass is 9.54. The second kappa shape index (κ2) is 23.6. The molecule has 4 rings (SSSR count). The number of carbonyl (C=O) groups is 5. The molecule has 0 spiro atoms. The molecule has 12 heteroatoms. The van der Waals surface area contributed by atoms with E-state index in [1.54, 1.807) is 4.90 Å². The Morgan fingerprint density at radius 1 is 0.926 bits per heavy atom. The minimum absolute atomic E-state index is 0.0540. The topological polar surface area (TPSA) is 177 Å². The Labute approximate surface area is 328 Å². The highest BCUT2D eigenvalue weighted by atomic mass is 16.5. The maximum Gasteiger partial charge on any atom is 0.243 e. The standard InChI is InChI=1S/C36H62N4O5.C4H10.CH3NO.CH5N/c1-23(2)30(20-39-18-24(3)45-25(4)19-39)37-26(5)34(44)40-22-36(8,35(6,7)28-14-11-15-28)17-31(40)33(43)38-29(32(42)21-41)16-27-12-9-10-13-27;1-4(2)3;2-1-3;1-2/h21,23-31,37H,9-20,22H2,1-8H3,(H,38,43);4H,1-3H3;1H,(H2,2,3);2H2,1H3/t24-,25?,26?,29?,30?,31?,36?;;;/m0.../s1. The molecule has 0 aromatic carbocycles. The molecule has 0 aromatic heterocycles. The fourth-order valence-corrected chi connectivity index (χ4v) is 8.63. The number of hydrogen-bond donors (Lipinski definition) is 4. The van der Waals surface area contributed by atoms with Crippen molar-refractivity contribution in [2.45, 2.75) is 170 Å². The van der Waals surface area contributed by atoms with Crippen LogP contribution in [0.1, 0.15) is 134 Å². The van der Waals surface area contributed by atoms with Gasteiger partial charge in [-0.15, -0.1) is 0 Å². The van der Waals surface area contributed by atoms with Crippen LogP contribution in [0.15, 0.2) is 0 Å². The number of primary amides is 1. The summed E-state index contributed by atoms with van der Waals surface area (Å²) in [5.41, 5.74) is 8.35. The summed E-state index contributed by atoms with van der Waals surface area (Å²) in [6, 6.07) is -1.91. The number of hydrogen-bond acceptors (Lipinski definition) is 9. The van der Waals surface area contributed by atoms with Crippen molar-refractivity contribution in [3.63, 3.8) is 0 Å². The Morgan fingerprint density at radius 2 is 1.44 bits per heavy atom. The van der Waals surface area contributed by atoms with Crippen LogP contribution in [0.4, 0.5) is 0 Å². The van der Waals surface area contributed by atoms with E-state index in [0.717, 1.165) is 51.2 Å². The Balaban J connectivity index is 0.00000147. The minimum atomic E-state index is -0.833. The number of amides is 3. The molecule has 2 aliphatic heterocycles. The fraction of sp³-hybridized carbons (Fsp3) is 0.881. The second-order valence-electron chi connectivity index (χ2n) is 18.1. The van der Waals surface area contributed by atoms with Crippen molar-refractivity contribution >= 4 is 30.3 Å². The van der Waals surface area contributed by atoms with E-state index in [1.807, 2.05) is 6.92 Å². The van der Waals surface area contributed by atoms with Crippen molar-refractivity contribution < 1.29 is 28.7 Å². The Hall–Kier alpha value is -2.41. The van der Waals surface area contributed by atoms with E-state index >= 15 is 0 Å². The number of morpholine rings is 1. The summed E-state index contributed by atoms with van der Waals surface area (Å²) in [7, 11) is 1.50. The summed E-state index contributed by atoms with van der Waals surface area (Å²) in [6.07, 6.45) is 9.82. The summed E-state index contributed by atoms with van der Waals surface area (Å²) in [5, 5.41) is 6.63. The molecule has 0 bridgehead atoms. The van der Waals surface area contributed by atoms with E-state index in [2.05, 4.69) is 96.2 Å². The molecule has 4 aliphatic rings. The van der Waals surface area contributed by atoms with Crippen LogP contribution in [-0.4, -0.2) is 110 Å². The third-order valence-electron chi connectivity index (χ3n) is 12.2. The molecule has 0 aromatic rings. The molecule has 3 amide bonds. The number of aldehydes is 1. The van der Waals surface area contributed by atoms with E-state index < -0.39 is 23.9 Å². The van der Waals surface area contributed by atoms with Gasteiger partial charge in [0.2, 0.25) is 24.0 Å². The van der Waals surface area contributed by atoms with Crippen LogP contribution >= 0.6 is 0 Å². The van der Waals surface area contributed by atoms with E-state index in [9.17, 15) is 19.2 Å². The van der Waals surface area contributed by atoms with Crippen LogP contribution in [0.3, 0.4) is 0 Å². The SMILES string of the molecule is CC(C)C.CC1CN(CC(NC(C)C(=O)N2CC(C)(C(C)(C)C3CCC3)CC2C(=O)NC(CC2CCCC2)C(=O)C=O)C(C)C)C[C@H](C)O1.CN.NC=O. The molecule has 12 nitrogen and oxygen atoms in total. The highest BCUT2D eigenvalue weighted by molar-refractivity contribution is 6.28. The van der Waals surface area contributed by atoms with Crippen molar-refractivity contribution in [3.8, 4) is 0 Å². The Kier molecular flexibility index (Phi) is 21.7. The van der Waals surface area contributed by atoms with Crippen molar-refractivity contribution in [2.24, 2.45) is 46.0 Å². The predicted molar refractivity (Wildman–Crippen MR) is 217 cm³/mol. The summed E-state index contributed by atoms with van der Waals surface area (Å²) in [6.45, 7) is 26.9. The van der Waals surface area contributed by atoms with Crippen LogP contribution in [0, 0.1) is 34.5 Å². The highest BCUT2D eigenvalue weighted by Gasteiger charge is 2.56. The Morgan fingerprint density at radius 3 is 1.89 bits per heavy atom. The normalized spacial score (nSPS) is 26.5. The minimum Gasteiger partial charge on any atom is -0.373 e. The quantitative estimate of drug-likeness (QED) is 0.144. The molecule has 2 saturated heterocycles. The molecular weight excluding hydrogens is 684 g/mol. The van der Waals surface area contributed by atoms with Crippen molar-refractivity contribution in [3.05, 3.63) is 0 Å². The number of nitrogens with one attached hydrogen (secondary N) is 2. The number of ketones is 1. The summed E-state index contributed by atoms with van der Waals surface area (Å²) >= 11 is 0. The zero-order valence-corrected chi connectivity index (χ0v) is 36.1. The van der Waals surface area contributed by atoms with E-state index in [-0.39, 0.29) is 47.3 Å². The van der Waals surface area contributed by atoms with E-state index in [4.69, 9.17) is 9.53 Å². The average Bonchev–Trinajstić information content (AvgIpc) is 3.71. The van der Waals surface area contributed by atoms with Crippen LogP contribution in [0.5, 0.6) is 0 Å². The predicted octanol–water partition coefficient (Wildman–Crippen LogP) is 4.70. The third-order valence-corrected chi connectivity index (χ3v) is 12.2. The first-order chi connectivity index (χ1) is 25.3. The van der Waals surface area contributed by atoms with Gasteiger partial charge >= 0.3 is 0 Å². The molecule has 54 heavy (non-hydrogen) atoms. The van der Waals surface area contributed by atoms with Gasteiger partial charge in [-0.05, 0) is 88.0 Å². The lowest BCUT2D eigenvalue weighted by Gasteiger charge is -2.50. The van der Waals surface area contributed by atoms with E-state index in [0.29, 0.717) is 43.4 Å². The largest absolute Gasteiger partial charge is 0.373 e. The maximum absolute atomic E-state index is 14.4. The number of rotatable bonds is 14. The van der Waals surface area contributed by atoms with Gasteiger partial charge in [-0.2, -0.15) is 0 Å². The lowest BCUT2D eigenvalue weighted by Crippen LogP contribution is -2.58. The van der Waals surface area contributed by atoms with Crippen LogP contribution < -0.4 is 22.1 Å². The molecule has 7 atom stereocenters. The van der Waals surface area contributed by atoms with Gasteiger partial charge in [-0.3, -0.25) is 28.9 Å². The number of Topliss-reactive ketones (excluding diaryl/α,β-unsaturated/α-hetero) is 1. The molecule has 4 fully saturated rings. The zero-order valence-electron chi connectivity index (χ0n) is 36.1. The fourth-order valence-electron chi connectivity index (χ4n) is 8.63. The summed E-state index contributed by atoms with van der Waals surface area (Å²) in [4.78, 5) is 65.5. The van der Waals surface area contributed by atoms with Gasteiger partial charge < -0.3 is 31.7 Å². The smallest absolute Gasteiger partial charge is 0.243 e. The van der Waals surface area contributed by atoms with Gasteiger partial charge in [0.1, 0.15) is 6.04 Å². The van der Waals surface area contributed by atoms with Gasteiger partial charge in [-0.25, -0.2) is 0 Å². The third kappa shape index (κ3) is 14.6. The number of nitrogens with zero attached hydrogens (tertiary/aromatic N) is 2. The summed E-state index contributed by atoms with van der Waals surface area (Å²) < 4.78 is 5.94. The van der Waals surface area contributed by atoms with Crippen LogP contribution in [0.2, 0.25) is 0 Å². The first-order valence-corrected chi connectivity index (χ1v) is 20.8.